The molecule has 0 spiro atoms. The van der Waals surface area contributed by atoms with Crippen molar-refractivity contribution in [3.05, 3.63) is 84.0 Å². The van der Waals surface area contributed by atoms with E-state index in [4.69, 9.17) is 17.0 Å². The summed E-state index contributed by atoms with van der Waals surface area (Å²) in [6, 6.07) is 13.3. The fourth-order valence-electron chi connectivity index (χ4n) is 4.85. The zero-order valence-corrected chi connectivity index (χ0v) is 21.9. The van der Waals surface area contributed by atoms with Crippen molar-refractivity contribution in [2.24, 2.45) is 0 Å². The maximum atomic E-state index is 12.0. The molecule has 5 rings (SSSR count). The van der Waals surface area contributed by atoms with Gasteiger partial charge in [-0.15, -0.1) is 10.2 Å². The Morgan fingerprint density at radius 1 is 1.16 bits per heavy atom. The number of carbonyl (C=O) groups excluding carboxylic acids is 1. The molecule has 2 unspecified atom stereocenters. The fourth-order valence-corrected chi connectivity index (χ4v) is 5.20. The van der Waals surface area contributed by atoms with E-state index >= 15 is 0 Å². The van der Waals surface area contributed by atoms with Crippen LogP contribution in [0.3, 0.4) is 0 Å². The molecule has 0 saturated carbocycles. The number of amides is 1. The largest absolute Gasteiger partial charge is 0.494 e. The summed E-state index contributed by atoms with van der Waals surface area (Å²) < 4.78 is 9.55. The number of benzene rings is 1. The summed E-state index contributed by atoms with van der Waals surface area (Å²) in [7, 11) is 1.59. The number of aryl methyl sites for hydroxylation is 1. The van der Waals surface area contributed by atoms with Gasteiger partial charge in [0.25, 0.3) is 0 Å². The molecule has 2 N–H and O–H groups in total. The Labute approximate surface area is 220 Å². The first-order valence-corrected chi connectivity index (χ1v) is 12.4. The molecule has 4 heterocycles. The number of pyridine rings is 1. The van der Waals surface area contributed by atoms with Gasteiger partial charge in [0.2, 0.25) is 5.91 Å². The first-order chi connectivity index (χ1) is 17.9. The van der Waals surface area contributed by atoms with Crippen LogP contribution in [0.2, 0.25) is 0 Å². The molecule has 0 radical (unpaired) electrons. The van der Waals surface area contributed by atoms with E-state index in [0.717, 1.165) is 28.3 Å². The molecule has 0 aliphatic carbocycles. The van der Waals surface area contributed by atoms with Gasteiger partial charge in [-0.05, 0) is 56.4 Å². The van der Waals surface area contributed by atoms with Crippen molar-refractivity contribution in [2.45, 2.75) is 39.3 Å². The number of nitrogens with one attached hydrogen (secondary N) is 2. The van der Waals surface area contributed by atoms with Crippen molar-refractivity contribution < 1.29 is 9.53 Å². The molecule has 10 nitrogen and oxygen atoms in total. The summed E-state index contributed by atoms with van der Waals surface area (Å²) in [6.07, 6.45) is 5.50. The highest BCUT2D eigenvalue weighted by Gasteiger charge is 2.42. The molecule has 190 valence electrons. The predicted octanol–water partition coefficient (Wildman–Crippen LogP) is 3.94. The lowest BCUT2D eigenvalue weighted by molar-refractivity contribution is -0.115. The van der Waals surface area contributed by atoms with Crippen LogP contribution in [0.25, 0.3) is 0 Å². The summed E-state index contributed by atoms with van der Waals surface area (Å²) in [4.78, 5) is 18.7. The van der Waals surface area contributed by atoms with E-state index in [1.807, 2.05) is 54.9 Å². The van der Waals surface area contributed by atoms with E-state index in [1.54, 1.807) is 26.0 Å². The van der Waals surface area contributed by atoms with E-state index in [9.17, 15) is 4.79 Å². The van der Waals surface area contributed by atoms with E-state index in [2.05, 4.69) is 48.4 Å². The highest BCUT2D eigenvalue weighted by atomic mass is 32.1. The molecular weight excluding hydrogens is 488 g/mol. The minimum atomic E-state index is -0.209. The molecule has 1 fully saturated rings. The second kappa shape index (κ2) is 10.0. The molecule has 1 aromatic carbocycles. The predicted molar refractivity (Wildman–Crippen MR) is 145 cm³/mol. The van der Waals surface area contributed by atoms with Crippen LogP contribution < -0.4 is 20.3 Å². The number of thiocarbonyl (C=S) groups is 1. The normalized spacial score (nSPS) is 17.1. The number of hydrogen-bond donors (Lipinski definition) is 2. The van der Waals surface area contributed by atoms with Crippen molar-refractivity contribution in [3.8, 4) is 5.75 Å². The molecule has 0 bridgehead atoms. The molecule has 1 aliphatic rings. The van der Waals surface area contributed by atoms with Crippen LogP contribution in [0.4, 0.5) is 11.4 Å². The standard InChI is InChI=1S/C26H28N8O2S/c1-5-23(35)30-20-10-9-18(13-22(20)36-4)33-25(24(31-26(33)37)21-8-6-7-11-27-21)19-12-16(2)34(17(19)3)32-14-28-29-15-32/h6-15,24-25H,5H2,1-4H3,(H,30,35)(H,31,37). The minimum Gasteiger partial charge on any atom is -0.494 e. The van der Waals surface area contributed by atoms with Crippen molar-refractivity contribution in [3.63, 3.8) is 0 Å². The summed E-state index contributed by atoms with van der Waals surface area (Å²) in [5.74, 6) is 0.469. The zero-order valence-electron chi connectivity index (χ0n) is 21.0. The van der Waals surface area contributed by atoms with Crippen LogP contribution in [0.1, 0.15) is 48.1 Å². The number of ether oxygens (including phenoxy) is 1. The van der Waals surface area contributed by atoms with Gasteiger partial charge < -0.3 is 20.3 Å². The van der Waals surface area contributed by atoms with Gasteiger partial charge in [0, 0.05) is 41.3 Å². The molecule has 11 heteroatoms. The SMILES string of the molecule is CCC(=O)Nc1ccc(N2C(=S)NC(c3ccccn3)C2c2cc(C)n(-n3cnnc3)c2C)cc1OC. The van der Waals surface area contributed by atoms with Crippen molar-refractivity contribution in [1.82, 2.24) is 29.9 Å². The van der Waals surface area contributed by atoms with Gasteiger partial charge >= 0.3 is 0 Å². The van der Waals surface area contributed by atoms with E-state index in [-0.39, 0.29) is 18.0 Å². The third-order valence-electron chi connectivity index (χ3n) is 6.55. The Kier molecular flexibility index (Phi) is 6.62. The lowest BCUT2D eigenvalue weighted by atomic mass is 9.96. The lowest BCUT2D eigenvalue weighted by Crippen LogP contribution is -2.29. The Bertz CT molecular complexity index is 1430. The van der Waals surface area contributed by atoms with Gasteiger partial charge in [-0.1, -0.05) is 13.0 Å². The number of carbonyl (C=O) groups is 1. The van der Waals surface area contributed by atoms with Gasteiger partial charge in [-0.2, -0.15) is 0 Å². The molecule has 1 amide bonds. The number of methoxy groups -OCH3 is 1. The van der Waals surface area contributed by atoms with Gasteiger partial charge in [-0.3, -0.25) is 14.5 Å². The molecule has 1 aliphatic heterocycles. The second-order valence-corrected chi connectivity index (χ2v) is 9.15. The molecule has 3 aromatic heterocycles. The molecule has 37 heavy (non-hydrogen) atoms. The average Bonchev–Trinajstić information content (AvgIpc) is 3.62. The highest BCUT2D eigenvalue weighted by molar-refractivity contribution is 7.80. The first-order valence-electron chi connectivity index (χ1n) is 12.0. The molecule has 4 aromatic rings. The number of nitrogens with zero attached hydrogens (tertiary/aromatic N) is 6. The van der Waals surface area contributed by atoms with E-state index < -0.39 is 0 Å². The Hall–Kier alpha value is -4.25. The molecular formula is C26H28N8O2S. The lowest BCUT2D eigenvalue weighted by Gasteiger charge is -2.28. The number of aromatic nitrogens is 5. The van der Waals surface area contributed by atoms with Gasteiger partial charge in [0.05, 0.1) is 30.6 Å². The maximum Gasteiger partial charge on any atom is 0.224 e. The highest BCUT2D eigenvalue weighted by Crippen LogP contribution is 2.44. The van der Waals surface area contributed by atoms with Gasteiger partial charge in [-0.25, -0.2) is 4.68 Å². The van der Waals surface area contributed by atoms with Gasteiger partial charge in [0.1, 0.15) is 18.4 Å². The van der Waals surface area contributed by atoms with Crippen molar-refractivity contribution >= 4 is 34.6 Å². The van der Waals surface area contributed by atoms with Gasteiger partial charge in [0.15, 0.2) is 5.11 Å². The summed E-state index contributed by atoms with van der Waals surface area (Å²) in [6.45, 7) is 5.93. The smallest absolute Gasteiger partial charge is 0.224 e. The number of rotatable bonds is 7. The van der Waals surface area contributed by atoms with Crippen molar-refractivity contribution in [1.29, 1.82) is 0 Å². The van der Waals surface area contributed by atoms with E-state index in [0.29, 0.717) is 23.0 Å². The third kappa shape index (κ3) is 4.42. The van der Waals surface area contributed by atoms with Crippen LogP contribution in [0.15, 0.2) is 61.3 Å². The zero-order chi connectivity index (χ0) is 26.1. The van der Waals surface area contributed by atoms with Crippen LogP contribution in [-0.2, 0) is 4.79 Å². The molecule has 2 atom stereocenters. The van der Waals surface area contributed by atoms with Crippen LogP contribution in [0, 0.1) is 13.8 Å². The number of hydrogen-bond acceptors (Lipinski definition) is 6. The fraction of sp³-hybridized carbons (Fsp3) is 0.269. The quantitative estimate of drug-likeness (QED) is 0.356. The summed E-state index contributed by atoms with van der Waals surface area (Å²) in [5.41, 5.74) is 5.46. The third-order valence-corrected chi connectivity index (χ3v) is 6.86. The Morgan fingerprint density at radius 2 is 1.95 bits per heavy atom. The number of anilines is 2. The van der Waals surface area contributed by atoms with Crippen molar-refractivity contribution in [2.75, 3.05) is 17.3 Å². The minimum absolute atomic E-state index is 0.0843. The van der Waals surface area contributed by atoms with Crippen LogP contribution in [0.5, 0.6) is 5.75 Å². The maximum absolute atomic E-state index is 12.0. The van der Waals surface area contributed by atoms with E-state index in [1.165, 1.54) is 0 Å². The average molecular weight is 517 g/mol. The Balaban J connectivity index is 1.64. The summed E-state index contributed by atoms with van der Waals surface area (Å²) in [5, 5.41) is 14.9. The second-order valence-electron chi connectivity index (χ2n) is 8.76. The monoisotopic (exact) mass is 516 g/mol. The van der Waals surface area contributed by atoms with Crippen LogP contribution >= 0.6 is 12.2 Å². The topological polar surface area (TPSA) is 102 Å². The van der Waals surface area contributed by atoms with Crippen LogP contribution in [-0.4, -0.2) is 42.7 Å². The summed E-state index contributed by atoms with van der Waals surface area (Å²) >= 11 is 5.88. The molecule has 1 saturated heterocycles. The first kappa shape index (κ1) is 24.4. The Morgan fingerprint density at radius 3 is 2.62 bits per heavy atom.